The fourth-order valence-electron chi connectivity index (χ4n) is 3.25. The molecule has 1 saturated heterocycles. The average Bonchev–Trinajstić information content (AvgIpc) is 3.18. The van der Waals surface area contributed by atoms with Gasteiger partial charge >= 0.3 is 0 Å². The van der Waals surface area contributed by atoms with Crippen LogP contribution in [0.2, 0.25) is 0 Å². The van der Waals surface area contributed by atoms with Gasteiger partial charge in [0, 0.05) is 13.2 Å². The van der Waals surface area contributed by atoms with E-state index in [2.05, 4.69) is 15.6 Å². The smallest absolute Gasteiger partial charge is 0.108 e. The van der Waals surface area contributed by atoms with Gasteiger partial charge in [0.05, 0.1) is 44.2 Å². The highest BCUT2D eigenvalue weighted by Crippen LogP contribution is 2.23. The molecule has 1 aromatic heterocycles. The van der Waals surface area contributed by atoms with Crippen LogP contribution in [0.3, 0.4) is 0 Å². The maximum absolute atomic E-state index is 10.1. The Morgan fingerprint density at radius 1 is 1.48 bits per heavy atom. The van der Waals surface area contributed by atoms with E-state index in [0.717, 1.165) is 5.69 Å². The molecular weight excluding hydrogens is 272 g/mol. The third-order valence-electron chi connectivity index (χ3n) is 4.32. The predicted octanol–water partition coefficient (Wildman–Crippen LogP) is 0.0850. The highest BCUT2D eigenvalue weighted by Gasteiger charge is 2.38. The first-order valence-electron chi connectivity index (χ1n) is 7.70. The molecule has 7 heteroatoms. The van der Waals surface area contributed by atoms with Gasteiger partial charge in [0.25, 0.3) is 0 Å². The van der Waals surface area contributed by atoms with Gasteiger partial charge in [0.15, 0.2) is 0 Å². The third kappa shape index (κ3) is 3.60. The molecule has 2 heterocycles. The predicted molar refractivity (Wildman–Crippen MR) is 75.7 cm³/mol. The second-order valence-corrected chi connectivity index (χ2v) is 5.98. The Hall–Kier alpha value is -1.02. The van der Waals surface area contributed by atoms with Gasteiger partial charge in [-0.3, -0.25) is 0 Å². The van der Waals surface area contributed by atoms with E-state index >= 15 is 0 Å². The summed E-state index contributed by atoms with van der Waals surface area (Å²) in [6, 6.07) is 0.483. The van der Waals surface area contributed by atoms with Gasteiger partial charge in [-0.05, 0) is 12.8 Å². The Balaban J connectivity index is 1.59. The van der Waals surface area contributed by atoms with Crippen LogP contribution in [0.1, 0.15) is 31.4 Å². The van der Waals surface area contributed by atoms with E-state index in [1.165, 1.54) is 25.7 Å². The summed E-state index contributed by atoms with van der Waals surface area (Å²) in [5, 5.41) is 21.8. The molecular formula is C14H24N4O3. The summed E-state index contributed by atoms with van der Waals surface area (Å²) < 4.78 is 12.5. The molecule has 118 valence electrons. The Morgan fingerprint density at radius 2 is 2.29 bits per heavy atom. The first-order valence-corrected chi connectivity index (χ1v) is 7.70. The first kappa shape index (κ1) is 14.9. The standard InChI is InChI=1S/C14H24N4O3/c1-20-8-11-6-18(17-16-11)7-13-14(12(19)9-21-13)15-10-4-2-3-5-10/h6,10,12-15,19H,2-5,7-9H2,1H3/t12-,13+,14+/m0/s1. The van der Waals surface area contributed by atoms with Crippen molar-refractivity contribution in [2.75, 3.05) is 13.7 Å². The van der Waals surface area contributed by atoms with Crippen molar-refractivity contribution >= 4 is 0 Å². The molecule has 1 aliphatic carbocycles. The Morgan fingerprint density at radius 3 is 3.05 bits per heavy atom. The zero-order chi connectivity index (χ0) is 14.7. The quantitative estimate of drug-likeness (QED) is 0.774. The molecule has 0 bridgehead atoms. The number of hydrogen-bond donors (Lipinski definition) is 2. The molecule has 21 heavy (non-hydrogen) atoms. The lowest BCUT2D eigenvalue weighted by atomic mass is 10.1. The van der Waals surface area contributed by atoms with Crippen molar-refractivity contribution in [1.29, 1.82) is 0 Å². The van der Waals surface area contributed by atoms with Gasteiger partial charge in [0.1, 0.15) is 5.69 Å². The molecule has 2 N–H and O–H groups in total. The minimum Gasteiger partial charge on any atom is -0.389 e. The van der Waals surface area contributed by atoms with Crippen molar-refractivity contribution in [2.24, 2.45) is 0 Å². The molecule has 7 nitrogen and oxygen atoms in total. The second-order valence-electron chi connectivity index (χ2n) is 5.98. The zero-order valence-corrected chi connectivity index (χ0v) is 12.4. The van der Waals surface area contributed by atoms with Crippen LogP contribution >= 0.6 is 0 Å². The number of methoxy groups -OCH3 is 1. The minimum atomic E-state index is -0.447. The molecule has 0 spiro atoms. The van der Waals surface area contributed by atoms with Crippen LogP contribution in [-0.2, 0) is 22.6 Å². The van der Waals surface area contributed by atoms with Crippen molar-refractivity contribution in [3.05, 3.63) is 11.9 Å². The molecule has 0 radical (unpaired) electrons. The summed E-state index contributed by atoms with van der Waals surface area (Å²) in [7, 11) is 1.64. The lowest BCUT2D eigenvalue weighted by Crippen LogP contribution is -2.49. The molecule has 1 aromatic rings. The van der Waals surface area contributed by atoms with Crippen molar-refractivity contribution in [2.45, 2.75) is 63.1 Å². The van der Waals surface area contributed by atoms with Crippen LogP contribution < -0.4 is 5.32 Å². The van der Waals surface area contributed by atoms with Crippen molar-refractivity contribution in [1.82, 2.24) is 20.3 Å². The SMILES string of the molecule is COCc1cn(C[C@H]2OC[C@H](O)[C@H]2NC2CCCC2)nn1. The maximum atomic E-state index is 10.1. The van der Waals surface area contributed by atoms with Gasteiger partial charge in [-0.25, -0.2) is 4.68 Å². The molecule has 1 aliphatic heterocycles. The molecule has 0 unspecified atom stereocenters. The average molecular weight is 296 g/mol. The number of aliphatic hydroxyl groups is 1. The molecule has 0 aromatic carbocycles. The van der Waals surface area contributed by atoms with Crippen LogP contribution in [0, 0.1) is 0 Å². The molecule has 3 rings (SSSR count). The number of rotatable bonds is 6. The number of aliphatic hydroxyl groups excluding tert-OH is 1. The van der Waals surface area contributed by atoms with Gasteiger partial charge in [-0.15, -0.1) is 5.10 Å². The lowest BCUT2D eigenvalue weighted by molar-refractivity contribution is 0.0734. The Kier molecular flexibility index (Phi) is 4.84. The molecule has 3 atom stereocenters. The van der Waals surface area contributed by atoms with Crippen LogP contribution in [0.4, 0.5) is 0 Å². The van der Waals surface area contributed by atoms with Crippen LogP contribution in [0.25, 0.3) is 0 Å². The van der Waals surface area contributed by atoms with Crippen LogP contribution in [0.5, 0.6) is 0 Å². The second kappa shape index (κ2) is 6.83. The summed E-state index contributed by atoms with van der Waals surface area (Å²) in [5.41, 5.74) is 0.802. The number of ether oxygens (including phenoxy) is 2. The number of hydrogen-bond acceptors (Lipinski definition) is 6. The first-order chi connectivity index (χ1) is 10.3. The van der Waals surface area contributed by atoms with Gasteiger partial charge in [0.2, 0.25) is 0 Å². The number of aromatic nitrogens is 3. The normalized spacial score (nSPS) is 30.3. The van der Waals surface area contributed by atoms with Crippen molar-refractivity contribution in [3.63, 3.8) is 0 Å². The number of nitrogens with zero attached hydrogens (tertiary/aromatic N) is 3. The molecule has 1 saturated carbocycles. The highest BCUT2D eigenvalue weighted by atomic mass is 16.5. The Bertz CT molecular complexity index is 447. The van der Waals surface area contributed by atoms with E-state index in [9.17, 15) is 5.11 Å². The van der Waals surface area contributed by atoms with E-state index in [1.807, 2.05) is 6.20 Å². The minimum absolute atomic E-state index is 0.0248. The summed E-state index contributed by atoms with van der Waals surface area (Å²) in [5.74, 6) is 0. The fraction of sp³-hybridized carbons (Fsp3) is 0.857. The Labute approximate surface area is 124 Å². The summed E-state index contributed by atoms with van der Waals surface area (Å²) in [4.78, 5) is 0. The molecule has 2 fully saturated rings. The van der Waals surface area contributed by atoms with E-state index in [4.69, 9.17) is 9.47 Å². The zero-order valence-electron chi connectivity index (χ0n) is 12.4. The summed E-state index contributed by atoms with van der Waals surface area (Å²) in [6.45, 7) is 1.44. The van der Waals surface area contributed by atoms with E-state index in [-0.39, 0.29) is 12.1 Å². The number of nitrogens with one attached hydrogen (secondary N) is 1. The lowest BCUT2D eigenvalue weighted by Gasteiger charge is -2.25. The third-order valence-corrected chi connectivity index (χ3v) is 4.32. The van der Waals surface area contributed by atoms with Crippen LogP contribution in [-0.4, -0.2) is 58.1 Å². The molecule has 2 aliphatic rings. The van der Waals surface area contributed by atoms with Crippen molar-refractivity contribution < 1.29 is 14.6 Å². The maximum Gasteiger partial charge on any atom is 0.108 e. The molecule has 0 amide bonds. The van der Waals surface area contributed by atoms with E-state index in [0.29, 0.717) is 25.8 Å². The van der Waals surface area contributed by atoms with E-state index in [1.54, 1.807) is 11.8 Å². The van der Waals surface area contributed by atoms with Gasteiger partial charge < -0.3 is 19.9 Å². The summed E-state index contributed by atoms with van der Waals surface area (Å²) >= 11 is 0. The fourth-order valence-corrected chi connectivity index (χ4v) is 3.25. The highest BCUT2D eigenvalue weighted by molar-refractivity contribution is 4.95. The summed E-state index contributed by atoms with van der Waals surface area (Å²) in [6.07, 6.45) is 6.28. The largest absolute Gasteiger partial charge is 0.389 e. The van der Waals surface area contributed by atoms with Crippen LogP contribution in [0.15, 0.2) is 6.20 Å². The van der Waals surface area contributed by atoms with E-state index < -0.39 is 6.10 Å². The van der Waals surface area contributed by atoms with Gasteiger partial charge in [-0.2, -0.15) is 0 Å². The topological polar surface area (TPSA) is 81.4 Å². The monoisotopic (exact) mass is 296 g/mol. The van der Waals surface area contributed by atoms with Crippen molar-refractivity contribution in [3.8, 4) is 0 Å². The van der Waals surface area contributed by atoms with Gasteiger partial charge in [-0.1, -0.05) is 18.1 Å².